The van der Waals surface area contributed by atoms with Crippen LogP contribution in [0.2, 0.25) is 0 Å². The molecule has 0 spiro atoms. The molecule has 0 amide bonds. The molecule has 3 rings (SSSR count). The van der Waals surface area contributed by atoms with E-state index in [9.17, 15) is 4.39 Å². The third kappa shape index (κ3) is 1.52. The first-order valence-corrected chi connectivity index (χ1v) is 5.51. The smallest absolute Gasteiger partial charge is 0.180 e. The van der Waals surface area contributed by atoms with Crippen LogP contribution in [0.25, 0.3) is 5.65 Å². The second-order valence-corrected chi connectivity index (χ2v) is 4.07. The van der Waals surface area contributed by atoms with Crippen molar-refractivity contribution in [3.8, 4) is 0 Å². The number of rotatable bonds is 1. The van der Waals surface area contributed by atoms with Crippen LogP contribution in [0.4, 0.5) is 10.2 Å². The van der Waals surface area contributed by atoms with E-state index in [-0.39, 0.29) is 0 Å². The van der Waals surface area contributed by atoms with E-state index in [4.69, 9.17) is 0 Å². The Hall–Kier alpha value is -1.65. The summed E-state index contributed by atoms with van der Waals surface area (Å²) >= 11 is 0. The minimum atomic E-state index is -0.657. The molecule has 1 fully saturated rings. The molecule has 0 aromatic carbocycles. The maximum Gasteiger partial charge on any atom is 0.180 e. The molecule has 84 valence electrons. The molecular formula is C11H13FN4. The van der Waals surface area contributed by atoms with E-state index in [0.717, 1.165) is 24.6 Å². The molecule has 3 heterocycles. The second-order valence-electron chi connectivity index (χ2n) is 4.07. The highest BCUT2D eigenvalue weighted by Gasteiger charge is 2.21. The van der Waals surface area contributed by atoms with Crippen LogP contribution in [0.3, 0.4) is 0 Å². The summed E-state index contributed by atoms with van der Waals surface area (Å²) in [5, 5.41) is 0. The molecule has 5 heteroatoms. The normalized spacial score (nSPS) is 18.2. The summed E-state index contributed by atoms with van der Waals surface area (Å²) in [5.41, 5.74) is 0.847. The van der Waals surface area contributed by atoms with Gasteiger partial charge >= 0.3 is 0 Å². The summed E-state index contributed by atoms with van der Waals surface area (Å²) in [6, 6.07) is 0. The topological polar surface area (TPSA) is 33.4 Å². The minimum Gasteiger partial charge on any atom is -0.353 e. The molecule has 0 bridgehead atoms. The van der Waals surface area contributed by atoms with Gasteiger partial charge in [-0.05, 0) is 12.8 Å². The van der Waals surface area contributed by atoms with Crippen molar-refractivity contribution in [2.45, 2.75) is 19.0 Å². The Morgan fingerprint density at radius 3 is 2.56 bits per heavy atom. The first-order chi connectivity index (χ1) is 7.84. The standard InChI is InChI=1S/C11H13FN4/c12-9-1-5-15(6-2-9)10-11-14-4-8-16(11)7-3-13-10/h3-4,7-9H,1-2,5-6H2. The Bertz CT molecular complexity index is 487. The molecule has 0 atom stereocenters. The number of anilines is 1. The quantitative estimate of drug-likeness (QED) is 0.733. The SMILES string of the molecule is FC1CCN(c2nccn3ccnc23)CC1. The van der Waals surface area contributed by atoms with E-state index in [1.165, 1.54) is 0 Å². The first kappa shape index (κ1) is 9.57. The monoisotopic (exact) mass is 220 g/mol. The third-order valence-corrected chi connectivity index (χ3v) is 3.02. The zero-order valence-electron chi connectivity index (χ0n) is 8.88. The Kier molecular flexibility index (Phi) is 2.23. The fraction of sp³-hybridized carbons (Fsp3) is 0.455. The predicted molar refractivity (Wildman–Crippen MR) is 59.3 cm³/mol. The van der Waals surface area contributed by atoms with Gasteiger partial charge in [-0.2, -0.15) is 0 Å². The average Bonchev–Trinajstić information content (AvgIpc) is 2.78. The molecule has 0 saturated carbocycles. The van der Waals surface area contributed by atoms with Crippen molar-refractivity contribution in [2.24, 2.45) is 0 Å². The Balaban J connectivity index is 1.96. The molecule has 0 aliphatic carbocycles. The van der Waals surface area contributed by atoms with Gasteiger partial charge in [-0.15, -0.1) is 0 Å². The van der Waals surface area contributed by atoms with E-state index in [0.29, 0.717) is 12.8 Å². The van der Waals surface area contributed by atoms with Gasteiger partial charge in [0.05, 0.1) is 0 Å². The lowest BCUT2D eigenvalue weighted by molar-refractivity contribution is 0.277. The zero-order chi connectivity index (χ0) is 11.0. The number of aromatic nitrogens is 3. The molecule has 4 nitrogen and oxygen atoms in total. The van der Waals surface area contributed by atoms with Crippen molar-refractivity contribution >= 4 is 11.5 Å². The average molecular weight is 220 g/mol. The van der Waals surface area contributed by atoms with Crippen LogP contribution in [-0.4, -0.2) is 33.6 Å². The van der Waals surface area contributed by atoms with Crippen LogP contribution >= 0.6 is 0 Å². The van der Waals surface area contributed by atoms with Crippen LogP contribution in [0.1, 0.15) is 12.8 Å². The molecule has 2 aromatic rings. The van der Waals surface area contributed by atoms with E-state index in [1.807, 2.05) is 16.8 Å². The number of hydrogen-bond donors (Lipinski definition) is 0. The predicted octanol–water partition coefficient (Wildman–Crippen LogP) is 1.67. The highest BCUT2D eigenvalue weighted by atomic mass is 19.1. The lowest BCUT2D eigenvalue weighted by Crippen LogP contribution is -2.35. The fourth-order valence-electron chi connectivity index (χ4n) is 2.12. The van der Waals surface area contributed by atoms with Gasteiger partial charge in [0.2, 0.25) is 0 Å². The Labute approximate surface area is 92.7 Å². The zero-order valence-corrected chi connectivity index (χ0v) is 8.88. The summed E-state index contributed by atoms with van der Waals surface area (Å²) in [5.74, 6) is 0.861. The maximum absolute atomic E-state index is 13.1. The Morgan fingerprint density at radius 1 is 1.12 bits per heavy atom. The van der Waals surface area contributed by atoms with Crippen molar-refractivity contribution in [3.05, 3.63) is 24.8 Å². The highest BCUT2D eigenvalue weighted by molar-refractivity contribution is 5.64. The molecule has 0 unspecified atom stereocenters. The summed E-state index contributed by atoms with van der Waals surface area (Å²) in [6.45, 7) is 1.45. The maximum atomic E-state index is 13.1. The largest absolute Gasteiger partial charge is 0.353 e. The number of hydrogen-bond acceptors (Lipinski definition) is 3. The number of imidazole rings is 1. The van der Waals surface area contributed by atoms with Gasteiger partial charge in [-0.3, -0.25) is 0 Å². The van der Waals surface area contributed by atoms with Crippen LogP contribution in [0, 0.1) is 0 Å². The molecule has 16 heavy (non-hydrogen) atoms. The number of alkyl halides is 1. The highest BCUT2D eigenvalue weighted by Crippen LogP contribution is 2.22. The van der Waals surface area contributed by atoms with Crippen molar-refractivity contribution in [1.29, 1.82) is 0 Å². The number of fused-ring (bicyclic) bond motifs is 1. The van der Waals surface area contributed by atoms with Gasteiger partial charge in [-0.1, -0.05) is 0 Å². The van der Waals surface area contributed by atoms with Crippen molar-refractivity contribution in [1.82, 2.24) is 14.4 Å². The van der Waals surface area contributed by atoms with Gasteiger partial charge in [-0.25, -0.2) is 14.4 Å². The van der Waals surface area contributed by atoms with E-state index >= 15 is 0 Å². The van der Waals surface area contributed by atoms with Crippen LogP contribution in [0.15, 0.2) is 24.8 Å². The van der Waals surface area contributed by atoms with Crippen molar-refractivity contribution < 1.29 is 4.39 Å². The summed E-state index contributed by atoms with van der Waals surface area (Å²) < 4.78 is 15.0. The van der Waals surface area contributed by atoms with Crippen molar-refractivity contribution in [2.75, 3.05) is 18.0 Å². The van der Waals surface area contributed by atoms with Crippen LogP contribution in [-0.2, 0) is 0 Å². The van der Waals surface area contributed by atoms with Gasteiger partial charge in [0.1, 0.15) is 6.17 Å². The number of nitrogens with zero attached hydrogens (tertiary/aromatic N) is 4. The molecule has 0 N–H and O–H groups in total. The van der Waals surface area contributed by atoms with Gasteiger partial charge in [0, 0.05) is 37.9 Å². The fourth-order valence-corrected chi connectivity index (χ4v) is 2.12. The molecule has 1 aliphatic rings. The second kappa shape index (κ2) is 3.73. The van der Waals surface area contributed by atoms with Crippen LogP contribution in [0.5, 0.6) is 0 Å². The van der Waals surface area contributed by atoms with Gasteiger partial charge in [0.25, 0.3) is 0 Å². The van der Waals surface area contributed by atoms with E-state index < -0.39 is 6.17 Å². The number of piperidine rings is 1. The van der Waals surface area contributed by atoms with E-state index in [2.05, 4.69) is 14.9 Å². The molecule has 1 aliphatic heterocycles. The van der Waals surface area contributed by atoms with Gasteiger partial charge in [0.15, 0.2) is 11.5 Å². The number of halogens is 1. The molecular weight excluding hydrogens is 207 g/mol. The molecule has 0 radical (unpaired) electrons. The third-order valence-electron chi connectivity index (χ3n) is 3.02. The van der Waals surface area contributed by atoms with E-state index in [1.54, 1.807) is 12.4 Å². The Morgan fingerprint density at radius 2 is 1.81 bits per heavy atom. The van der Waals surface area contributed by atoms with Crippen LogP contribution < -0.4 is 4.90 Å². The summed E-state index contributed by atoms with van der Waals surface area (Å²) in [6.07, 6.45) is 7.78. The summed E-state index contributed by atoms with van der Waals surface area (Å²) in [7, 11) is 0. The van der Waals surface area contributed by atoms with Crippen molar-refractivity contribution in [3.63, 3.8) is 0 Å². The van der Waals surface area contributed by atoms with Gasteiger partial charge < -0.3 is 9.30 Å². The molecule has 2 aromatic heterocycles. The lowest BCUT2D eigenvalue weighted by Gasteiger charge is -2.29. The molecule has 1 saturated heterocycles. The minimum absolute atomic E-state index is 0.587. The lowest BCUT2D eigenvalue weighted by atomic mass is 10.1. The summed E-state index contributed by atoms with van der Waals surface area (Å²) in [4.78, 5) is 10.7. The first-order valence-electron chi connectivity index (χ1n) is 5.51.